The predicted molar refractivity (Wildman–Crippen MR) is 275 cm³/mol. The molecule has 8 nitrogen and oxygen atoms in total. The minimum Gasteiger partial charge on any atom is -0.309 e. The van der Waals surface area contributed by atoms with Crippen molar-refractivity contribution in [1.29, 1.82) is 0 Å². The number of rotatable bonds is 8. The Morgan fingerprint density at radius 3 is 0.750 bits per heavy atom. The molecular formula is C60H38N8. The number of aromatic nitrogens is 8. The van der Waals surface area contributed by atoms with Crippen LogP contribution >= 0.6 is 0 Å². The maximum Gasteiger partial charge on any atom is 0.164 e. The van der Waals surface area contributed by atoms with Crippen LogP contribution in [0.4, 0.5) is 0 Å². The first-order chi connectivity index (χ1) is 33.7. The minimum absolute atomic E-state index is 0.621. The van der Waals surface area contributed by atoms with Gasteiger partial charge in [0.15, 0.2) is 34.9 Å². The highest BCUT2D eigenvalue weighted by molar-refractivity contribution is 6.19. The van der Waals surface area contributed by atoms with Gasteiger partial charge in [0, 0.05) is 66.3 Å². The van der Waals surface area contributed by atoms with Crippen LogP contribution in [0.15, 0.2) is 231 Å². The van der Waals surface area contributed by atoms with Crippen molar-refractivity contribution in [2.45, 2.75) is 0 Å². The van der Waals surface area contributed by atoms with E-state index in [2.05, 4.69) is 118 Å². The van der Waals surface area contributed by atoms with Crippen molar-refractivity contribution >= 4 is 43.6 Å². The van der Waals surface area contributed by atoms with Gasteiger partial charge in [-0.3, -0.25) is 0 Å². The highest BCUT2D eigenvalue weighted by Crippen LogP contribution is 2.40. The van der Waals surface area contributed by atoms with E-state index in [0.29, 0.717) is 34.9 Å². The fourth-order valence-electron chi connectivity index (χ4n) is 9.38. The van der Waals surface area contributed by atoms with Crippen molar-refractivity contribution in [1.82, 2.24) is 39.0 Å². The molecular weight excluding hydrogens is 833 g/mol. The molecule has 0 saturated heterocycles. The maximum absolute atomic E-state index is 4.99. The van der Waals surface area contributed by atoms with Gasteiger partial charge in [-0.05, 0) is 72.8 Å². The summed E-state index contributed by atoms with van der Waals surface area (Å²) in [6.45, 7) is 0. The summed E-state index contributed by atoms with van der Waals surface area (Å²) in [6.07, 6.45) is 0. The largest absolute Gasteiger partial charge is 0.309 e. The zero-order valence-electron chi connectivity index (χ0n) is 36.5. The topological polar surface area (TPSA) is 87.2 Å². The van der Waals surface area contributed by atoms with Crippen LogP contribution in [0.2, 0.25) is 0 Å². The molecule has 0 aliphatic rings. The van der Waals surface area contributed by atoms with Crippen molar-refractivity contribution < 1.29 is 0 Å². The molecule has 0 aliphatic carbocycles. The van der Waals surface area contributed by atoms with Crippen LogP contribution in [-0.4, -0.2) is 39.0 Å². The third-order valence-corrected chi connectivity index (χ3v) is 12.6. The van der Waals surface area contributed by atoms with E-state index in [1.807, 2.05) is 121 Å². The van der Waals surface area contributed by atoms with E-state index in [1.165, 1.54) is 21.5 Å². The number of para-hydroxylation sites is 2. The van der Waals surface area contributed by atoms with Gasteiger partial charge in [-0.2, -0.15) is 0 Å². The summed E-state index contributed by atoms with van der Waals surface area (Å²) >= 11 is 0. The zero-order chi connectivity index (χ0) is 45.0. The van der Waals surface area contributed by atoms with Gasteiger partial charge in [-0.1, -0.05) is 158 Å². The van der Waals surface area contributed by atoms with Crippen molar-refractivity contribution in [3.8, 4) is 79.7 Å². The summed E-state index contributed by atoms with van der Waals surface area (Å²) in [6, 6.07) is 79.5. The molecule has 0 aliphatic heterocycles. The normalized spacial score (nSPS) is 11.5. The molecule has 4 aromatic heterocycles. The second-order valence-corrected chi connectivity index (χ2v) is 16.8. The molecule has 318 valence electrons. The van der Waals surface area contributed by atoms with E-state index in [1.54, 1.807) is 0 Å². The first-order valence-electron chi connectivity index (χ1n) is 22.6. The van der Waals surface area contributed by atoms with Gasteiger partial charge in [0.2, 0.25) is 0 Å². The van der Waals surface area contributed by atoms with Gasteiger partial charge >= 0.3 is 0 Å². The standard InChI is InChI=1S/C60H38N8/c1-5-17-39(18-6-1)55-61-56(40-19-7-2-8-20-40)64-59(63-55)43-29-33-45(34-30-43)67-51-27-15-13-25-47(51)49-38-54-50(37-53(49)67)48-26-14-16-28-52(48)68(54)46-35-31-44(32-36-46)60-65-57(41-21-9-3-10-22-41)62-58(66-60)42-23-11-4-12-24-42/h1-38H. The Bertz CT molecular complexity index is 3600. The second kappa shape index (κ2) is 16.2. The molecule has 13 rings (SSSR count). The van der Waals surface area contributed by atoms with Crippen LogP contribution < -0.4 is 0 Å². The SMILES string of the molecule is c1ccc(-c2nc(-c3ccccc3)nc(-c3ccc(-n4c5ccccc5c5cc6c(cc54)c4ccccc4n6-c4ccc(-c5nc(-c6ccccc6)nc(-c6ccccc6)n5)cc4)cc3)n2)cc1. The summed E-state index contributed by atoms with van der Waals surface area (Å²) in [5.41, 5.74) is 12.2. The van der Waals surface area contributed by atoms with Gasteiger partial charge in [0.25, 0.3) is 0 Å². The molecule has 0 fully saturated rings. The van der Waals surface area contributed by atoms with E-state index < -0.39 is 0 Å². The Kier molecular flexibility index (Phi) is 9.31. The van der Waals surface area contributed by atoms with Gasteiger partial charge in [-0.15, -0.1) is 0 Å². The molecule has 4 heterocycles. The fourth-order valence-corrected chi connectivity index (χ4v) is 9.38. The molecule has 0 bridgehead atoms. The van der Waals surface area contributed by atoms with Crippen LogP contribution in [0.5, 0.6) is 0 Å². The first kappa shape index (κ1) is 39.0. The second-order valence-electron chi connectivity index (χ2n) is 16.8. The molecule has 0 unspecified atom stereocenters. The third-order valence-electron chi connectivity index (χ3n) is 12.6. The molecule has 0 N–H and O–H groups in total. The predicted octanol–water partition coefficient (Wildman–Crippen LogP) is 14.3. The first-order valence-corrected chi connectivity index (χ1v) is 22.6. The fraction of sp³-hybridized carbons (Fsp3) is 0. The minimum atomic E-state index is 0.621. The third kappa shape index (κ3) is 6.78. The van der Waals surface area contributed by atoms with Gasteiger partial charge in [0.1, 0.15) is 0 Å². The van der Waals surface area contributed by atoms with Crippen LogP contribution in [0, 0.1) is 0 Å². The quantitative estimate of drug-likeness (QED) is 0.151. The van der Waals surface area contributed by atoms with E-state index >= 15 is 0 Å². The average Bonchev–Trinajstić information content (AvgIpc) is 3.93. The lowest BCUT2D eigenvalue weighted by Crippen LogP contribution is -2.00. The lowest BCUT2D eigenvalue weighted by molar-refractivity contribution is 1.07. The summed E-state index contributed by atoms with van der Waals surface area (Å²) in [5.74, 6) is 3.79. The van der Waals surface area contributed by atoms with Crippen LogP contribution in [0.1, 0.15) is 0 Å². The lowest BCUT2D eigenvalue weighted by atomic mass is 10.1. The number of benzene rings is 9. The van der Waals surface area contributed by atoms with Gasteiger partial charge < -0.3 is 9.13 Å². The molecule has 0 amide bonds. The van der Waals surface area contributed by atoms with Crippen LogP contribution in [-0.2, 0) is 0 Å². The van der Waals surface area contributed by atoms with E-state index in [4.69, 9.17) is 29.9 Å². The summed E-state index contributed by atoms with van der Waals surface area (Å²) in [5, 5.41) is 4.69. The molecule has 0 radical (unpaired) electrons. The molecule has 9 aromatic carbocycles. The molecule has 0 saturated carbocycles. The molecule has 68 heavy (non-hydrogen) atoms. The average molecular weight is 871 g/mol. The molecule has 0 spiro atoms. The Morgan fingerprint density at radius 2 is 0.456 bits per heavy atom. The summed E-state index contributed by atoms with van der Waals surface area (Å²) in [4.78, 5) is 29.8. The maximum atomic E-state index is 4.99. The van der Waals surface area contributed by atoms with Crippen molar-refractivity contribution in [2.75, 3.05) is 0 Å². The zero-order valence-corrected chi connectivity index (χ0v) is 36.5. The Hall–Kier alpha value is -9.40. The smallest absolute Gasteiger partial charge is 0.164 e. The van der Waals surface area contributed by atoms with Crippen molar-refractivity contribution in [2.24, 2.45) is 0 Å². The number of hydrogen-bond acceptors (Lipinski definition) is 6. The summed E-state index contributed by atoms with van der Waals surface area (Å²) < 4.78 is 4.74. The number of hydrogen-bond donors (Lipinski definition) is 0. The van der Waals surface area contributed by atoms with Crippen molar-refractivity contribution in [3.05, 3.63) is 231 Å². The van der Waals surface area contributed by atoms with Gasteiger partial charge in [-0.25, -0.2) is 29.9 Å². The van der Waals surface area contributed by atoms with E-state index in [0.717, 1.165) is 66.8 Å². The van der Waals surface area contributed by atoms with Crippen molar-refractivity contribution in [3.63, 3.8) is 0 Å². The van der Waals surface area contributed by atoms with Gasteiger partial charge in [0.05, 0.1) is 22.1 Å². The Balaban J connectivity index is 0.921. The number of fused-ring (bicyclic) bond motifs is 6. The molecule has 8 heteroatoms. The van der Waals surface area contributed by atoms with E-state index in [9.17, 15) is 0 Å². The van der Waals surface area contributed by atoms with Crippen LogP contribution in [0.25, 0.3) is 123 Å². The van der Waals surface area contributed by atoms with Crippen LogP contribution in [0.3, 0.4) is 0 Å². The molecule has 13 aromatic rings. The monoisotopic (exact) mass is 870 g/mol. The highest BCUT2D eigenvalue weighted by atomic mass is 15.0. The molecule has 0 atom stereocenters. The Labute approximate surface area is 391 Å². The highest BCUT2D eigenvalue weighted by Gasteiger charge is 2.20. The summed E-state index contributed by atoms with van der Waals surface area (Å²) in [7, 11) is 0. The number of nitrogens with zero attached hydrogens (tertiary/aromatic N) is 8. The van der Waals surface area contributed by atoms with E-state index in [-0.39, 0.29) is 0 Å². The Morgan fingerprint density at radius 1 is 0.206 bits per heavy atom. The lowest BCUT2D eigenvalue weighted by Gasteiger charge is -2.11.